The summed E-state index contributed by atoms with van der Waals surface area (Å²) in [4.78, 5) is 0. The minimum absolute atomic E-state index is 0.0815. The van der Waals surface area contributed by atoms with Gasteiger partial charge in [0, 0.05) is 25.9 Å². The molecule has 2 fully saturated rings. The van der Waals surface area contributed by atoms with Gasteiger partial charge in [-0.3, -0.25) is 0 Å². The van der Waals surface area contributed by atoms with Crippen LogP contribution in [-0.2, 0) is 19.9 Å². The van der Waals surface area contributed by atoms with Crippen molar-refractivity contribution in [2.45, 2.75) is 12.8 Å². The fourth-order valence-corrected chi connectivity index (χ4v) is 5.81. The molecule has 1 N–H and O–H groups in total. The summed E-state index contributed by atoms with van der Waals surface area (Å²) < 4.78 is 47.7. The fraction of sp³-hybridized carbons (Fsp3) is 1.00. The molecule has 1 atom stereocenters. The topological polar surface area (TPSA) is 83.5 Å². The van der Waals surface area contributed by atoms with Crippen LogP contribution in [0.1, 0.15) is 12.8 Å². The Kier molecular flexibility index (Phi) is 3.74. The summed E-state index contributed by atoms with van der Waals surface area (Å²) in [5, 5.41) is 3.27. The van der Waals surface area contributed by atoms with Crippen molar-refractivity contribution in [3.05, 3.63) is 0 Å². The lowest BCUT2D eigenvalue weighted by molar-refractivity contribution is 0.338. The van der Waals surface area contributed by atoms with E-state index in [-0.39, 0.29) is 16.9 Å². The predicted octanol–water partition coefficient (Wildman–Crippen LogP) is -0.954. The van der Waals surface area contributed by atoms with E-state index in [1.807, 2.05) is 0 Å². The molecule has 0 aromatic rings. The number of hydrogen-bond acceptors (Lipinski definition) is 5. The molecule has 2 aliphatic heterocycles. The van der Waals surface area contributed by atoms with Crippen LogP contribution in [0, 0.1) is 5.41 Å². The predicted molar refractivity (Wildman–Crippen MR) is 69.6 cm³/mol. The molecule has 0 radical (unpaired) electrons. The zero-order chi connectivity index (χ0) is 13.4. The lowest BCUT2D eigenvalue weighted by Crippen LogP contribution is -2.36. The molecule has 1 spiro atoms. The highest BCUT2D eigenvalue weighted by atomic mass is 32.2. The standard InChI is InChI=1S/C10H20N2O4S2/c1-17(13,14)6-7-18(15,16)12-5-3-10(9-12)2-4-11-8-10/h11H,2-9H2,1H3. The molecule has 0 aromatic heterocycles. The maximum Gasteiger partial charge on any atom is 0.215 e. The highest BCUT2D eigenvalue weighted by Gasteiger charge is 2.43. The van der Waals surface area contributed by atoms with Gasteiger partial charge in [-0.05, 0) is 24.8 Å². The van der Waals surface area contributed by atoms with Gasteiger partial charge in [-0.15, -0.1) is 0 Å². The van der Waals surface area contributed by atoms with Crippen molar-refractivity contribution >= 4 is 19.9 Å². The van der Waals surface area contributed by atoms with E-state index in [4.69, 9.17) is 0 Å². The van der Waals surface area contributed by atoms with Crippen molar-refractivity contribution in [1.29, 1.82) is 0 Å². The molecule has 18 heavy (non-hydrogen) atoms. The van der Waals surface area contributed by atoms with Crippen LogP contribution in [0.2, 0.25) is 0 Å². The summed E-state index contributed by atoms with van der Waals surface area (Å²) in [6, 6.07) is 0. The minimum Gasteiger partial charge on any atom is -0.316 e. The van der Waals surface area contributed by atoms with Crippen molar-refractivity contribution < 1.29 is 16.8 Å². The van der Waals surface area contributed by atoms with Gasteiger partial charge in [-0.1, -0.05) is 0 Å². The van der Waals surface area contributed by atoms with E-state index in [0.717, 1.165) is 32.2 Å². The van der Waals surface area contributed by atoms with Crippen molar-refractivity contribution in [3.63, 3.8) is 0 Å². The summed E-state index contributed by atoms with van der Waals surface area (Å²) in [6.07, 6.45) is 2.94. The van der Waals surface area contributed by atoms with E-state index in [1.165, 1.54) is 4.31 Å². The first-order chi connectivity index (χ1) is 8.23. The molecular weight excluding hydrogens is 276 g/mol. The molecule has 1 unspecified atom stereocenters. The van der Waals surface area contributed by atoms with E-state index in [0.29, 0.717) is 13.1 Å². The van der Waals surface area contributed by atoms with E-state index in [1.54, 1.807) is 0 Å². The maximum absolute atomic E-state index is 12.1. The molecule has 6 nitrogen and oxygen atoms in total. The number of nitrogens with one attached hydrogen (secondary N) is 1. The van der Waals surface area contributed by atoms with Crippen LogP contribution in [0.3, 0.4) is 0 Å². The fourth-order valence-electron chi connectivity index (χ4n) is 2.66. The van der Waals surface area contributed by atoms with Gasteiger partial charge in [0.25, 0.3) is 0 Å². The molecule has 0 amide bonds. The van der Waals surface area contributed by atoms with Crippen LogP contribution in [0.4, 0.5) is 0 Å². The Morgan fingerprint density at radius 1 is 1.17 bits per heavy atom. The molecule has 2 rings (SSSR count). The van der Waals surface area contributed by atoms with Crippen molar-refractivity contribution in [1.82, 2.24) is 9.62 Å². The quantitative estimate of drug-likeness (QED) is 0.723. The Morgan fingerprint density at radius 3 is 2.44 bits per heavy atom. The van der Waals surface area contributed by atoms with Gasteiger partial charge < -0.3 is 5.32 Å². The smallest absolute Gasteiger partial charge is 0.215 e. The Hall–Kier alpha value is -0.180. The Morgan fingerprint density at radius 2 is 1.89 bits per heavy atom. The first kappa shape index (κ1) is 14.2. The lowest BCUT2D eigenvalue weighted by atomic mass is 9.87. The van der Waals surface area contributed by atoms with Crippen LogP contribution < -0.4 is 5.32 Å². The molecule has 8 heteroatoms. The van der Waals surface area contributed by atoms with Gasteiger partial charge in [0.05, 0.1) is 11.5 Å². The van der Waals surface area contributed by atoms with Gasteiger partial charge >= 0.3 is 0 Å². The van der Waals surface area contributed by atoms with E-state index in [9.17, 15) is 16.8 Å². The summed E-state index contributed by atoms with van der Waals surface area (Å²) >= 11 is 0. The molecule has 2 heterocycles. The summed E-state index contributed by atoms with van der Waals surface area (Å²) in [5.74, 6) is -0.591. The minimum atomic E-state index is -3.43. The first-order valence-corrected chi connectivity index (χ1v) is 9.76. The molecule has 0 bridgehead atoms. The lowest BCUT2D eigenvalue weighted by Gasteiger charge is -2.22. The van der Waals surface area contributed by atoms with E-state index >= 15 is 0 Å². The molecule has 106 valence electrons. The third kappa shape index (κ3) is 3.23. The zero-order valence-electron chi connectivity index (χ0n) is 10.6. The van der Waals surface area contributed by atoms with Crippen LogP contribution in [0.5, 0.6) is 0 Å². The number of hydrogen-bond donors (Lipinski definition) is 1. The van der Waals surface area contributed by atoms with Gasteiger partial charge in [0.2, 0.25) is 10.0 Å². The molecule has 0 aliphatic carbocycles. The monoisotopic (exact) mass is 296 g/mol. The number of nitrogens with zero attached hydrogens (tertiary/aromatic N) is 1. The van der Waals surface area contributed by atoms with Gasteiger partial charge in [-0.25, -0.2) is 21.1 Å². The third-order valence-electron chi connectivity index (χ3n) is 3.84. The molecule has 0 saturated carbocycles. The Labute approximate surface area is 109 Å². The average molecular weight is 296 g/mol. The SMILES string of the molecule is CS(=O)(=O)CCS(=O)(=O)N1CCC2(CCNC2)C1. The first-order valence-electron chi connectivity index (χ1n) is 6.09. The van der Waals surface area contributed by atoms with Gasteiger partial charge in [-0.2, -0.15) is 0 Å². The number of rotatable bonds is 4. The van der Waals surface area contributed by atoms with Crippen molar-refractivity contribution in [2.24, 2.45) is 5.41 Å². The van der Waals surface area contributed by atoms with Crippen LogP contribution in [0.25, 0.3) is 0 Å². The molecule has 2 saturated heterocycles. The highest BCUT2D eigenvalue weighted by molar-refractivity contribution is 7.93. The van der Waals surface area contributed by atoms with Crippen LogP contribution in [0.15, 0.2) is 0 Å². The maximum atomic E-state index is 12.1. The van der Waals surface area contributed by atoms with Crippen LogP contribution in [-0.4, -0.2) is 65.1 Å². The normalized spacial score (nSPS) is 30.3. The van der Waals surface area contributed by atoms with E-state index in [2.05, 4.69) is 5.32 Å². The highest BCUT2D eigenvalue weighted by Crippen LogP contribution is 2.37. The Balaban J connectivity index is 1.99. The third-order valence-corrected chi connectivity index (χ3v) is 6.86. The summed E-state index contributed by atoms with van der Waals surface area (Å²) in [7, 11) is -6.66. The van der Waals surface area contributed by atoms with Crippen molar-refractivity contribution in [3.8, 4) is 0 Å². The summed E-state index contributed by atoms with van der Waals surface area (Å²) in [6.45, 7) is 2.86. The molecule has 0 aromatic carbocycles. The zero-order valence-corrected chi connectivity index (χ0v) is 12.2. The average Bonchev–Trinajstić information content (AvgIpc) is 2.87. The second-order valence-electron chi connectivity index (χ2n) is 5.46. The molecule has 2 aliphatic rings. The number of sulfonamides is 1. The number of sulfone groups is 1. The molecular formula is C10H20N2O4S2. The Bertz CT molecular complexity index is 506. The van der Waals surface area contributed by atoms with Gasteiger partial charge in [0.1, 0.15) is 9.84 Å². The summed E-state index contributed by atoms with van der Waals surface area (Å²) in [5.41, 5.74) is 0.0815. The largest absolute Gasteiger partial charge is 0.316 e. The van der Waals surface area contributed by atoms with Crippen LogP contribution >= 0.6 is 0 Å². The second-order valence-corrected chi connectivity index (χ2v) is 9.80. The van der Waals surface area contributed by atoms with Gasteiger partial charge in [0.15, 0.2) is 0 Å². The van der Waals surface area contributed by atoms with E-state index < -0.39 is 19.9 Å². The second kappa shape index (κ2) is 4.73. The van der Waals surface area contributed by atoms with Crippen molar-refractivity contribution in [2.75, 3.05) is 43.9 Å².